The summed E-state index contributed by atoms with van der Waals surface area (Å²) in [5.41, 5.74) is 0.503. The van der Waals surface area contributed by atoms with Crippen LogP contribution in [0.25, 0.3) is 0 Å². The zero-order valence-corrected chi connectivity index (χ0v) is 18.8. The molecule has 0 saturated heterocycles. The van der Waals surface area contributed by atoms with Gasteiger partial charge < -0.3 is 0 Å². The van der Waals surface area contributed by atoms with Gasteiger partial charge in [0, 0.05) is 0 Å². The number of hydrogen-bond donors (Lipinski definition) is 0. The molecule has 0 aromatic heterocycles. The monoisotopic (exact) mass is 352 g/mol. The number of hydrogen-bond acceptors (Lipinski definition) is 0. The molecule has 0 heteroatoms. The molecule has 0 amide bonds. The predicted octanol–water partition coefficient (Wildman–Crippen LogP) is 9.71. The maximum Gasteiger partial charge on any atom is -0.0354 e. The minimum Gasteiger partial charge on any atom is -0.0654 e. The van der Waals surface area contributed by atoms with Gasteiger partial charge in [0.25, 0.3) is 0 Å². The van der Waals surface area contributed by atoms with E-state index in [2.05, 4.69) is 34.6 Å². The average Bonchev–Trinajstić information content (AvgIpc) is 2.56. The molecule has 0 saturated carbocycles. The van der Waals surface area contributed by atoms with Crippen molar-refractivity contribution >= 4 is 0 Å². The van der Waals surface area contributed by atoms with Gasteiger partial charge in [-0.1, -0.05) is 137 Å². The molecule has 0 aromatic carbocycles. The molecule has 1 unspecified atom stereocenters. The zero-order chi connectivity index (χ0) is 18.8. The van der Waals surface area contributed by atoms with Gasteiger partial charge in [0.2, 0.25) is 0 Å². The van der Waals surface area contributed by atoms with E-state index < -0.39 is 0 Å². The molecule has 0 nitrogen and oxygen atoms in total. The summed E-state index contributed by atoms with van der Waals surface area (Å²) in [5.74, 6) is 0.938. The summed E-state index contributed by atoms with van der Waals surface area (Å²) in [6.45, 7) is 12.0. The van der Waals surface area contributed by atoms with Crippen LogP contribution in [0.2, 0.25) is 0 Å². The Morgan fingerprint density at radius 1 is 0.440 bits per heavy atom. The third-order valence-corrected chi connectivity index (χ3v) is 6.04. The Hall–Kier alpha value is 0. The minimum atomic E-state index is 0.503. The highest BCUT2D eigenvalue weighted by Gasteiger charge is 2.23. The summed E-state index contributed by atoms with van der Waals surface area (Å²) >= 11 is 0. The second-order valence-corrected chi connectivity index (χ2v) is 9.59. The van der Waals surface area contributed by atoms with Gasteiger partial charge in [-0.05, 0) is 24.2 Å². The summed E-state index contributed by atoms with van der Waals surface area (Å²) in [4.78, 5) is 0. The molecule has 25 heavy (non-hydrogen) atoms. The van der Waals surface area contributed by atoms with Crippen molar-refractivity contribution < 1.29 is 0 Å². The van der Waals surface area contributed by atoms with Crippen LogP contribution in [0.3, 0.4) is 0 Å². The third-order valence-electron chi connectivity index (χ3n) is 6.04. The Morgan fingerprint density at radius 3 is 1.00 bits per heavy atom. The molecule has 0 N–H and O–H groups in total. The second-order valence-electron chi connectivity index (χ2n) is 9.59. The first kappa shape index (κ1) is 25.0. The first-order valence-electron chi connectivity index (χ1n) is 12.0. The van der Waals surface area contributed by atoms with Gasteiger partial charge in [-0.25, -0.2) is 0 Å². The van der Waals surface area contributed by atoms with Crippen molar-refractivity contribution in [2.75, 3.05) is 0 Å². The lowest BCUT2D eigenvalue weighted by Gasteiger charge is -2.31. The summed E-state index contributed by atoms with van der Waals surface area (Å²) < 4.78 is 0. The standard InChI is InChI=1S/C25H52/c1-6-8-10-12-14-15-16-17-19-21-23-24(25(3,4)5)22-20-18-13-11-9-7-2/h24H,6-23H2,1-5H3. The lowest BCUT2D eigenvalue weighted by atomic mass is 9.75. The van der Waals surface area contributed by atoms with Gasteiger partial charge in [-0.2, -0.15) is 0 Å². The fourth-order valence-electron chi connectivity index (χ4n) is 4.06. The lowest BCUT2D eigenvalue weighted by molar-refractivity contribution is 0.201. The van der Waals surface area contributed by atoms with Crippen molar-refractivity contribution in [3.05, 3.63) is 0 Å². The molecule has 152 valence electrons. The molecule has 0 bridgehead atoms. The molecule has 0 rings (SSSR count). The van der Waals surface area contributed by atoms with Crippen molar-refractivity contribution in [3.63, 3.8) is 0 Å². The Labute approximate surface area is 161 Å². The van der Waals surface area contributed by atoms with Crippen LogP contribution < -0.4 is 0 Å². The Bertz CT molecular complexity index is 247. The van der Waals surface area contributed by atoms with Gasteiger partial charge in [0.1, 0.15) is 0 Å². The quantitative estimate of drug-likeness (QED) is 0.215. The van der Waals surface area contributed by atoms with Crippen molar-refractivity contribution in [1.29, 1.82) is 0 Å². The molecule has 0 aliphatic heterocycles. The highest BCUT2D eigenvalue weighted by Crippen LogP contribution is 2.34. The maximum absolute atomic E-state index is 2.46. The van der Waals surface area contributed by atoms with Crippen LogP contribution in [-0.4, -0.2) is 0 Å². The first-order valence-corrected chi connectivity index (χ1v) is 12.0. The van der Waals surface area contributed by atoms with E-state index in [4.69, 9.17) is 0 Å². The molecule has 0 heterocycles. The van der Waals surface area contributed by atoms with E-state index in [-0.39, 0.29) is 0 Å². The molecule has 0 aliphatic rings. The third kappa shape index (κ3) is 17.2. The Kier molecular flexibility index (Phi) is 17.4. The van der Waals surface area contributed by atoms with E-state index in [9.17, 15) is 0 Å². The summed E-state index contributed by atoms with van der Waals surface area (Å²) in [7, 11) is 0. The van der Waals surface area contributed by atoms with Crippen LogP contribution in [0.15, 0.2) is 0 Å². The van der Waals surface area contributed by atoms with E-state index in [0.717, 1.165) is 5.92 Å². The molecule has 0 aromatic rings. The number of rotatable bonds is 18. The Morgan fingerprint density at radius 2 is 0.720 bits per heavy atom. The van der Waals surface area contributed by atoms with Crippen molar-refractivity contribution in [2.45, 2.75) is 150 Å². The highest BCUT2D eigenvalue weighted by molar-refractivity contribution is 4.74. The highest BCUT2D eigenvalue weighted by atomic mass is 14.3. The lowest BCUT2D eigenvalue weighted by Crippen LogP contribution is -2.20. The smallest absolute Gasteiger partial charge is 0.0354 e. The summed E-state index contributed by atoms with van der Waals surface area (Å²) in [6, 6.07) is 0. The second kappa shape index (κ2) is 17.4. The van der Waals surface area contributed by atoms with E-state index in [0.29, 0.717) is 5.41 Å². The predicted molar refractivity (Wildman–Crippen MR) is 117 cm³/mol. The molecular formula is C25H52. The molecule has 0 fully saturated rings. The van der Waals surface area contributed by atoms with Gasteiger partial charge in [0.15, 0.2) is 0 Å². The molecule has 1 atom stereocenters. The zero-order valence-electron chi connectivity index (χ0n) is 18.8. The Balaban J connectivity index is 3.63. The molecule has 0 spiro atoms. The van der Waals surface area contributed by atoms with E-state index in [1.165, 1.54) is 116 Å². The van der Waals surface area contributed by atoms with Crippen molar-refractivity contribution in [1.82, 2.24) is 0 Å². The normalized spacial score (nSPS) is 13.3. The van der Waals surface area contributed by atoms with Crippen LogP contribution in [0, 0.1) is 11.3 Å². The van der Waals surface area contributed by atoms with Gasteiger partial charge >= 0.3 is 0 Å². The first-order chi connectivity index (χ1) is 12.0. The van der Waals surface area contributed by atoms with Crippen molar-refractivity contribution in [3.8, 4) is 0 Å². The summed E-state index contributed by atoms with van der Waals surface area (Å²) in [5, 5.41) is 0. The van der Waals surface area contributed by atoms with E-state index in [1.807, 2.05) is 0 Å². The average molecular weight is 353 g/mol. The minimum absolute atomic E-state index is 0.503. The fourth-order valence-corrected chi connectivity index (χ4v) is 4.06. The molecular weight excluding hydrogens is 300 g/mol. The number of unbranched alkanes of at least 4 members (excludes halogenated alkanes) is 14. The fraction of sp³-hybridized carbons (Fsp3) is 1.00. The largest absolute Gasteiger partial charge is 0.0654 e. The van der Waals surface area contributed by atoms with Crippen LogP contribution in [0.1, 0.15) is 150 Å². The van der Waals surface area contributed by atoms with Crippen LogP contribution in [0.4, 0.5) is 0 Å². The summed E-state index contributed by atoms with van der Waals surface area (Å²) in [6.07, 6.45) is 26.1. The van der Waals surface area contributed by atoms with E-state index in [1.54, 1.807) is 0 Å². The topological polar surface area (TPSA) is 0 Å². The van der Waals surface area contributed by atoms with Crippen LogP contribution >= 0.6 is 0 Å². The van der Waals surface area contributed by atoms with Crippen molar-refractivity contribution in [2.24, 2.45) is 11.3 Å². The molecule has 0 aliphatic carbocycles. The van der Waals surface area contributed by atoms with Gasteiger partial charge in [-0.15, -0.1) is 0 Å². The van der Waals surface area contributed by atoms with Crippen LogP contribution in [0.5, 0.6) is 0 Å². The van der Waals surface area contributed by atoms with Gasteiger partial charge in [-0.3, -0.25) is 0 Å². The maximum atomic E-state index is 2.46. The van der Waals surface area contributed by atoms with Crippen LogP contribution in [-0.2, 0) is 0 Å². The molecule has 0 radical (unpaired) electrons. The van der Waals surface area contributed by atoms with E-state index >= 15 is 0 Å². The SMILES string of the molecule is CCCCCCCCCCCCC(CCCCCCCC)C(C)(C)C. The van der Waals surface area contributed by atoms with Gasteiger partial charge in [0.05, 0.1) is 0 Å².